The van der Waals surface area contributed by atoms with Gasteiger partial charge < -0.3 is 9.15 Å². The normalized spacial score (nSPS) is 16.3. The summed E-state index contributed by atoms with van der Waals surface area (Å²) in [5.74, 6) is 1.06. The van der Waals surface area contributed by atoms with Crippen LogP contribution in [0.25, 0.3) is 17.4 Å². The van der Waals surface area contributed by atoms with Crippen molar-refractivity contribution in [2.75, 3.05) is 20.3 Å². The molecule has 25 heavy (non-hydrogen) atoms. The predicted molar refractivity (Wildman–Crippen MR) is 106 cm³/mol. The summed E-state index contributed by atoms with van der Waals surface area (Å²) in [6.07, 6.45) is 1.69. The van der Waals surface area contributed by atoms with Gasteiger partial charge in [-0.15, -0.1) is 0 Å². The molecule has 0 radical (unpaired) electrons. The van der Waals surface area contributed by atoms with E-state index in [1.165, 1.54) is 16.7 Å². The molecule has 0 atom stereocenters. The molecule has 8 heteroatoms. The second-order valence-corrected chi connectivity index (χ2v) is 7.65. The minimum absolute atomic E-state index is 0.139. The van der Waals surface area contributed by atoms with Crippen LogP contribution in [0.4, 0.5) is 0 Å². The lowest BCUT2D eigenvalue weighted by molar-refractivity contribution is -0.122. The van der Waals surface area contributed by atoms with Gasteiger partial charge in [0.05, 0.1) is 28.1 Å². The van der Waals surface area contributed by atoms with E-state index in [-0.39, 0.29) is 5.91 Å². The van der Waals surface area contributed by atoms with Crippen molar-refractivity contribution in [1.29, 1.82) is 0 Å². The van der Waals surface area contributed by atoms with Crippen LogP contribution in [0, 0.1) is 0 Å². The van der Waals surface area contributed by atoms with Crippen molar-refractivity contribution in [3.63, 3.8) is 0 Å². The highest BCUT2D eigenvalue weighted by Gasteiger charge is 2.31. The van der Waals surface area contributed by atoms with Crippen LogP contribution in [0.15, 0.2) is 39.7 Å². The first-order valence-corrected chi connectivity index (χ1v) is 9.27. The Labute approximate surface area is 164 Å². The van der Waals surface area contributed by atoms with Gasteiger partial charge in [-0.2, -0.15) is 0 Å². The fourth-order valence-electron chi connectivity index (χ4n) is 2.24. The number of halogens is 2. The Balaban J connectivity index is 1.81. The molecule has 4 nitrogen and oxygen atoms in total. The molecule has 1 saturated heterocycles. The first kappa shape index (κ1) is 18.5. The van der Waals surface area contributed by atoms with E-state index in [0.717, 1.165) is 5.56 Å². The molecule has 1 aromatic heterocycles. The molecule has 0 spiro atoms. The Kier molecular flexibility index (Phi) is 5.86. The highest BCUT2D eigenvalue weighted by atomic mass is 35.5. The molecule has 1 aromatic carbocycles. The van der Waals surface area contributed by atoms with Crippen LogP contribution >= 0.6 is 47.2 Å². The third-order valence-corrected chi connectivity index (χ3v) is 5.61. The van der Waals surface area contributed by atoms with Crippen molar-refractivity contribution < 1.29 is 13.9 Å². The second-order valence-electron chi connectivity index (χ2n) is 5.16. The molecule has 0 unspecified atom stereocenters. The molecule has 1 fully saturated rings. The molecule has 2 aromatic rings. The summed E-state index contributed by atoms with van der Waals surface area (Å²) in [5, 5.41) is 0.938. The number of methoxy groups -OCH3 is 1. The predicted octanol–water partition coefficient (Wildman–Crippen LogP) is 5.10. The van der Waals surface area contributed by atoms with Gasteiger partial charge in [0, 0.05) is 18.7 Å². The number of carbonyl (C=O) groups excluding carboxylic acids is 1. The molecule has 1 aliphatic rings. The van der Waals surface area contributed by atoms with Gasteiger partial charge in [-0.3, -0.25) is 9.69 Å². The maximum Gasteiger partial charge on any atom is 0.266 e. The van der Waals surface area contributed by atoms with Crippen molar-refractivity contribution in [2.24, 2.45) is 0 Å². The highest BCUT2D eigenvalue weighted by Crippen LogP contribution is 2.34. The van der Waals surface area contributed by atoms with Crippen LogP contribution in [0.2, 0.25) is 10.0 Å². The van der Waals surface area contributed by atoms with Crippen LogP contribution in [-0.4, -0.2) is 35.4 Å². The van der Waals surface area contributed by atoms with Crippen molar-refractivity contribution in [3.05, 3.63) is 51.0 Å². The third kappa shape index (κ3) is 4.10. The molecular formula is C17H13Cl2NO3S2. The quantitative estimate of drug-likeness (QED) is 0.503. The van der Waals surface area contributed by atoms with Gasteiger partial charge in [-0.25, -0.2) is 0 Å². The molecule has 2 heterocycles. The van der Waals surface area contributed by atoms with Crippen molar-refractivity contribution in [2.45, 2.75) is 0 Å². The van der Waals surface area contributed by atoms with Gasteiger partial charge in [0.15, 0.2) is 0 Å². The summed E-state index contributed by atoms with van der Waals surface area (Å²) >= 11 is 18.5. The number of hydrogen-bond donors (Lipinski definition) is 0. The summed E-state index contributed by atoms with van der Waals surface area (Å²) in [7, 11) is 1.58. The molecule has 0 saturated carbocycles. The zero-order chi connectivity index (χ0) is 18.0. The minimum Gasteiger partial charge on any atom is -0.457 e. The monoisotopic (exact) mass is 413 g/mol. The fraction of sp³-hybridized carbons (Fsp3) is 0.176. The molecule has 0 bridgehead atoms. The van der Waals surface area contributed by atoms with E-state index in [0.29, 0.717) is 43.9 Å². The summed E-state index contributed by atoms with van der Waals surface area (Å²) in [6.45, 7) is 0.868. The number of amides is 1. The van der Waals surface area contributed by atoms with E-state index < -0.39 is 0 Å². The molecule has 1 aliphatic heterocycles. The largest absolute Gasteiger partial charge is 0.457 e. The van der Waals surface area contributed by atoms with Crippen LogP contribution in [-0.2, 0) is 9.53 Å². The van der Waals surface area contributed by atoms with Gasteiger partial charge >= 0.3 is 0 Å². The van der Waals surface area contributed by atoms with Crippen molar-refractivity contribution >= 4 is 63.5 Å². The first-order chi connectivity index (χ1) is 12.0. The molecule has 0 aliphatic carbocycles. The first-order valence-electron chi connectivity index (χ1n) is 7.29. The number of furan rings is 1. The van der Waals surface area contributed by atoms with Gasteiger partial charge in [0.1, 0.15) is 15.8 Å². The summed E-state index contributed by atoms with van der Waals surface area (Å²) in [4.78, 5) is 14.5. The number of benzene rings is 1. The van der Waals surface area contributed by atoms with E-state index in [1.807, 2.05) is 12.1 Å². The maximum atomic E-state index is 12.4. The van der Waals surface area contributed by atoms with Crippen LogP contribution in [0.5, 0.6) is 0 Å². The van der Waals surface area contributed by atoms with Gasteiger partial charge in [-0.05, 0) is 30.3 Å². The van der Waals surface area contributed by atoms with Crippen LogP contribution < -0.4 is 0 Å². The Bertz CT molecular complexity index is 863. The second kappa shape index (κ2) is 7.93. The Morgan fingerprint density at radius 2 is 2.08 bits per heavy atom. The van der Waals surface area contributed by atoms with E-state index in [9.17, 15) is 4.79 Å². The van der Waals surface area contributed by atoms with Crippen LogP contribution in [0.1, 0.15) is 5.76 Å². The molecule has 3 rings (SSSR count). The minimum atomic E-state index is -0.139. The maximum absolute atomic E-state index is 12.4. The lowest BCUT2D eigenvalue weighted by atomic mass is 10.2. The highest BCUT2D eigenvalue weighted by molar-refractivity contribution is 8.26. The smallest absolute Gasteiger partial charge is 0.266 e. The molecule has 0 N–H and O–H groups in total. The molecule has 130 valence electrons. The number of rotatable bonds is 5. The topological polar surface area (TPSA) is 42.7 Å². The number of ether oxygens (including phenoxy) is 1. The zero-order valence-corrected chi connectivity index (χ0v) is 16.3. The Morgan fingerprint density at radius 1 is 1.28 bits per heavy atom. The number of hydrogen-bond acceptors (Lipinski definition) is 5. The number of carbonyl (C=O) groups is 1. The van der Waals surface area contributed by atoms with E-state index >= 15 is 0 Å². The number of nitrogens with zero attached hydrogens (tertiary/aromatic N) is 1. The van der Waals surface area contributed by atoms with Crippen molar-refractivity contribution in [3.8, 4) is 11.3 Å². The standard InChI is InChI=1S/C17H13Cl2NO3S2/c1-22-7-6-20-16(21)15(25-17(20)24)9-11-3-5-14(23-11)10-2-4-12(18)13(19)8-10/h2-5,8-9H,6-7H2,1H3. The molecular weight excluding hydrogens is 401 g/mol. The number of thioether (sulfide) groups is 1. The zero-order valence-electron chi connectivity index (χ0n) is 13.1. The van der Waals surface area contributed by atoms with Gasteiger partial charge in [0.2, 0.25) is 0 Å². The Hall–Kier alpha value is -1.31. The average Bonchev–Trinajstić information content (AvgIpc) is 3.15. The summed E-state index contributed by atoms with van der Waals surface area (Å²) < 4.78 is 11.3. The average molecular weight is 414 g/mol. The number of thiocarbonyl (C=S) groups is 1. The summed E-state index contributed by atoms with van der Waals surface area (Å²) in [6, 6.07) is 8.87. The lowest BCUT2D eigenvalue weighted by Gasteiger charge is -2.12. The van der Waals surface area contributed by atoms with Crippen molar-refractivity contribution in [1.82, 2.24) is 4.90 Å². The fourth-order valence-corrected chi connectivity index (χ4v) is 3.83. The van der Waals surface area contributed by atoms with E-state index in [4.69, 9.17) is 44.6 Å². The van der Waals surface area contributed by atoms with E-state index in [2.05, 4.69) is 0 Å². The SMILES string of the molecule is COCCN1C(=O)C(=Cc2ccc(-c3ccc(Cl)c(Cl)c3)o2)SC1=S. The summed E-state index contributed by atoms with van der Waals surface area (Å²) in [5.41, 5.74) is 0.807. The lowest BCUT2D eigenvalue weighted by Crippen LogP contribution is -2.31. The van der Waals surface area contributed by atoms with Crippen LogP contribution in [0.3, 0.4) is 0 Å². The molecule has 1 amide bonds. The van der Waals surface area contributed by atoms with Gasteiger partial charge in [0.25, 0.3) is 5.91 Å². The third-order valence-electron chi connectivity index (χ3n) is 3.50. The van der Waals surface area contributed by atoms with E-state index in [1.54, 1.807) is 31.4 Å². The van der Waals surface area contributed by atoms with Gasteiger partial charge in [-0.1, -0.05) is 47.2 Å². The Morgan fingerprint density at radius 3 is 2.80 bits per heavy atom.